The maximum atomic E-state index is 2.62. The Morgan fingerprint density at radius 3 is 1.71 bits per heavy atom. The van der Waals surface area contributed by atoms with Crippen LogP contribution in [0.1, 0.15) is 63.5 Å². The molecule has 2 nitrogen and oxygen atoms in total. The van der Waals surface area contributed by atoms with Gasteiger partial charge in [-0.15, -0.1) is 0 Å². The standard InChI is InChI=1S/C49H46N2/c1-49(2)45-19-8-7-17-38(45)42-30-34(20-25-46(42)49)47-40-23-21-36(51-28-11-4-12-29-51)32-44(40)48(39-18-13-15-33-14-5-6-16-37(33)39)41-24-22-35(31-43(41)47)50-26-9-3-10-27-50/h5-8,13-25,30-32H,3-4,9-12,26-29H2,1-2H3. The first kappa shape index (κ1) is 30.7. The highest BCUT2D eigenvalue weighted by molar-refractivity contribution is 6.24. The fraction of sp³-hybridized carbons (Fsp3) is 0.265. The number of benzene rings is 7. The van der Waals surface area contributed by atoms with E-state index in [2.05, 4.69) is 145 Å². The van der Waals surface area contributed by atoms with E-state index in [0.29, 0.717) is 0 Å². The van der Waals surface area contributed by atoms with E-state index >= 15 is 0 Å². The summed E-state index contributed by atoms with van der Waals surface area (Å²) in [7, 11) is 0. The Morgan fingerprint density at radius 2 is 0.980 bits per heavy atom. The molecular weight excluding hydrogens is 617 g/mol. The molecule has 0 N–H and O–H groups in total. The molecule has 7 aromatic rings. The molecular formula is C49H46N2. The van der Waals surface area contributed by atoms with Crippen molar-refractivity contribution in [1.29, 1.82) is 0 Å². The van der Waals surface area contributed by atoms with Crippen LogP contribution in [-0.4, -0.2) is 26.2 Å². The first-order valence-corrected chi connectivity index (χ1v) is 19.3. The van der Waals surface area contributed by atoms with Gasteiger partial charge in [0.25, 0.3) is 0 Å². The van der Waals surface area contributed by atoms with Crippen LogP contribution in [0.25, 0.3) is 65.7 Å². The van der Waals surface area contributed by atoms with Crippen molar-refractivity contribution in [1.82, 2.24) is 0 Å². The van der Waals surface area contributed by atoms with Crippen LogP contribution in [-0.2, 0) is 5.41 Å². The molecule has 2 heteroatoms. The third-order valence-electron chi connectivity index (χ3n) is 12.5. The summed E-state index contributed by atoms with van der Waals surface area (Å²) in [5.74, 6) is 0. The Kier molecular flexibility index (Phi) is 7.24. The lowest BCUT2D eigenvalue weighted by Gasteiger charge is -2.30. The minimum absolute atomic E-state index is 0.0163. The summed E-state index contributed by atoms with van der Waals surface area (Å²) in [4.78, 5) is 5.24. The average molecular weight is 663 g/mol. The number of rotatable bonds is 4. The van der Waals surface area contributed by atoms with E-state index < -0.39 is 0 Å². The Balaban J connectivity index is 1.31. The van der Waals surface area contributed by atoms with E-state index in [1.54, 1.807) is 0 Å². The first-order valence-electron chi connectivity index (χ1n) is 19.3. The lowest BCUT2D eigenvalue weighted by atomic mass is 9.81. The minimum atomic E-state index is -0.0163. The summed E-state index contributed by atoms with van der Waals surface area (Å²) in [6.45, 7) is 9.30. The van der Waals surface area contributed by atoms with Crippen LogP contribution in [0.3, 0.4) is 0 Å². The van der Waals surface area contributed by atoms with Gasteiger partial charge in [0.05, 0.1) is 0 Å². The van der Waals surface area contributed by atoms with Crippen LogP contribution in [0.5, 0.6) is 0 Å². The molecule has 0 saturated carbocycles. The van der Waals surface area contributed by atoms with Crippen molar-refractivity contribution in [3.8, 4) is 33.4 Å². The molecule has 2 fully saturated rings. The molecule has 1 aliphatic carbocycles. The third kappa shape index (κ3) is 4.90. The molecule has 10 rings (SSSR count). The summed E-state index contributed by atoms with van der Waals surface area (Å²) in [5, 5.41) is 7.99. The van der Waals surface area contributed by atoms with Gasteiger partial charge in [0.2, 0.25) is 0 Å². The summed E-state index contributed by atoms with van der Waals surface area (Å²) in [6, 6.07) is 47.0. The maximum Gasteiger partial charge on any atom is 0.0372 e. The summed E-state index contributed by atoms with van der Waals surface area (Å²) >= 11 is 0. The van der Waals surface area contributed by atoms with Gasteiger partial charge in [-0.25, -0.2) is 0 Å². The summed E-state index contributed by atoms with van der Waals surface area (Å²) < 4.78 is 0. The second kappa shape index (κ2) is 12.0. The van der Waals surface area contributed by atoms with Crippen molar-refractivity contribution in [2.75, 3.05) is 36.0 Å². The monoisotopic (exact) mass is 662 g/mol. The molecule has 7 aromatic carbocycles. The highest BCUT2D eigenvalue weighted by Crippen LogP contribution is 2.52. The lowest BCUT2D eigenvalue weighted by molar-refractivity contribution is 0.578. The van der Waals surface area contributed by atoms with E-state index in [0.717, 1.165) is 26.2 Å². The number of hydrogen-bond acceptors (Lipinski definition) is 2. The highest BCUT2D eigenvalue weighted by atomic mass is 15.1. The molecule has 0 bridgehead atoms. The molecule has 0 amide bonds. The van der Waals surface area contributed by atoms with Crippen molar-refractivity contribution in [3.63, 3.8) is 0 Å². The second-order valence-corrected chi connectivity index (χ2v) is 15.8. The topological polar surface area (TPSA) is 6.48 Å². The van der Waals surface area contributed by atoms with Crippen molar-refractivity contribution in [2.24, 2.45) is 0 Å². The quantitative estimate of drug-likeness (QED) is 0.173. The largest absolute Gasteiger partial charge is 0.372 e. The molecule has 2 saturated heterocycles. The second-order valence-electron chi connectivity index (χ2n) is 15.8. The van der Waals surface area contributed by atoms with Gasteiger partial charge in [0.15, 0.2) is 0 Å². The van der Waals surface area contributed by atoms with Gasteiger partial charge in [-0.05, 0) is 146 Å². The number of nitrogens with zero attached hydrogens (tertiary/aromatic N) is 2. The van der Waals surface area contributed by atoms with Crippen molar-refractivity contribution < 1.29 is 0 Å². The van der Waals surface area contributed by atoms with E-state index in [1.807, 2.05) is 0 Å². The van der Waals surface area contributed by atoms with Crippen LogP contribution in [0.15, 0.2) is 121 Å². The molecule has 0 unspecified atom stereocenters. The molecule has 0 radical (unpaired) electrons. The zero-order chi connectivity index (χ0) is 34.1. The van der Waals surface area contributed by atoms with Crippen LogP contribution < -0.4 is 9.80 Å². The third-order valence-corrected chi connectivity index (χ3v) is 12.5. The predicted octanol–water partition coefficient (Wildman–Crippen LogP) is 12.8. The zero-order valence-corrected chi connectivity index (χ0v) is 30.0. The molecule has 0 atom stereocenters. The molecule has 0 aromatic heterocycles. The normalized spacial score (nSPS) is 16.9. The minimum Gasteiger partial charge on any atom is -0.372 e. The SMILES string of the molecule is CC1(C)c2ccccc2-c2cc(-c3c4cc(N5CCCCC5)ccc4c(-c4cccc5ccccc45)c4cc(N5CCCCC5)ccc34)ccc21. The van der Waals surface area contributed by atoms with Gasteiger partial charge in [-0.2, -0.15) is 0 Å². The molecule has 0 spiro atoms. The molecule has 3 aliphatic rings. The Morgan fingerprint density at radius 1 is 0.412 bits per heavy atom. The molecule has 2 heterocycles. The number of piperidine rings is 2. The number of fused-ring (bicyclic) bond motifs is 6. The molecule has 2 aliphatic heterocycles. The first-order chi connectivity index (χ1) is 25.1. The highest BCUT2D eigenvalue weighted by Gasteiger charge is 2.35. The fourth-order valence-corrected chi connectivity index (χ4v) is 9.82. The molecule has 51 heavy (non-hydrogen) atoms. The van der Waals surface area contributed by atoms with Crippen molar-refractivity contribution >= 4 is 43.7 Å². The van der Waals surface area contributed by atoms with E-state index in [1.165, 1.54) is 127 Å². The van der Waals surface area contributed by atoms with E-state index in [9.17, 15) is 0 Å². The van der Waals surface area contributed by atoms with Crippen LogP contribution in [0, 0.1) is 0 Å². The average Bonchev–Trinajstić information content (AvgIpc) is 3.42. The number of hydrogen-bond donors (Lipinski definition) is 0. The predicted molar refractivity (Wildman–Crippen MR) is 220 cm³/mol. The zero-order valence-electron chi connectivity index (χ0n) is 30.0. The van der Waals surface area contributed by atoms with Crippen LogP contribution in [0.2, 0.25) is 0 Å². The Labute approximate surface area is 302 Å². The summed E-state index contributed by atoms with van der Waals surface area (Å²) in [6.07, 6.45) is 7.73. The van der Waals surface area contributed by atoms with Crippen molar-refractivity contribution in [3.05, 3.63) is 132 Å². The van der Waals surface area contributed by atoms with Crippen LogP contribution in [0.4, 0.5) is 11.4 Å². The number of anilines is 2. The fourth-order valence-electron chi connectivity index (χ4n) is 9.82. The maximum absolute atomic E-state index is 2.62. The summed E-state index contributed by atoms with van der Waals surface area (Å²) in [5.41, 5.74) is 13.6. The van der Waals surface area contributed by atoms with Gasteiger partial charge in [-0.1, -0.05) is 105 Å². The van der Waals surface area contributed by atoms with Crippen LogP contribution >= 0.6 is 0 Å². The van der Waals surface area contributed by atoms with Gasteiger partial charge in [0.1, 0.15) is 0 Å². The van der Waals surface area contributed by atoms with Gasteiger partial charge >= 0.3 is 0 Å². The van der Waals surface area contributed by atoms with Crippen molar-refractivity contribution in [2.45, 2.75) is 57.8 Å². The van der Waals surface area contributed by atoms with Gasteiger partial charge in [-0.3, -0.25) is 0 Å². The Hall–Kier alpha value is -5.08. The van der Waals surface area contributed by atoms with E-state index in [4.69, 9.17) is 0 Å². The molecule has 252 valence electrons. The lowest BCUT2D eigenvalue weighted by Crippen LogP contribution is -2.29. The smallest absolute Gasteiger partial charge is 0.0372 e. The van der Waals surface area contributed by atoms with E-state index in [-0.39, 0.29) is 5.41 Å². The van der Waals surface area contributed by atoms with Gasteiger partial charge < -0.3 is 9.80 Å². The van der Waals surface area contributed by atoms with Gasteiger partial charge in [0, 0.05) is 43.0 Å². The Bertz CT molecular complexity index is 2470.